The molecular weight excluding hydrogens is 206 g/mol. The van der Waals surface area contributed by atoms with E-state index in [4.69, 9.17) is 10.00 Å². The summed E-state index contributed by atoms with van der Waals surface area (Å²) in [6.07, 6.45) is 0.879. The zero-order valence-electron chi connectivity index (χ0n) is 10.4. The average molecular weight is 227 g/mol. The van der Waals surface area contributed by atoms with Crippen LogP contribution in [0.15, 0.2) is 0 Å². The Morgan fingerprint density at radius 1 is 1.31 bits per heavy atom. The van der Waals surface area contributed by atoms with Crippen LogP contribution in [-0.2, 0) is 9.53 Å². The lowest BCUT2D eigenvalue weighted by Crippen LogP contribution is -2.32. The quantitative estimate of drug-likeness (QED) is 0.599. The SMILES string of the molecule is COCCN(C)CCC(=O)N(C)CCC#N. The summed E-state index contributed by atoms with van der Waals surface area (Å²) in [5, 5.41) is 8.40. The summed E-state index contributed by atoms with van der Waals surface area (Å²) >= 11 is 0. The predicted molar refractivity (Wildman–Crippen MR) is 61.9 cm³/mol. The molecule has 0 bridgehead atoms. The number of methoxy groups -OCH3 is 1. The van der Waals surface area contributed by atoms with Gasteiger partial charge in [0.25, 0.3) is 0 Å². The molecule has 0 aliphatic heterocycles. The molecule has 0 saturated heterocycles. The second-order valence-electron chi connectivity index (χ2n) is 3.77. The topological polar surface area (TPSA) is 56.6 Å². The number of hydrogen-bond acceptors (Lipinski definition) is 4. The highest BCUT2D eigenvalue weighted by Crippen LogP contribution is 1.95. The normalized spacial score (nSPS) is 10.2. The van der Waals surface area contributed by atoms with Gasteiger partial charge in [-0.1, -0.05) is 0 Å². The molecule has 5 nitrogen and oxygen atoms in total. The Hall–Kier alpha value is -1.12. The van der Waals surface area contributed by atoms with E-state index in [-0.39, 0.29) is 5.91 Å². The molecule has 0 aromatic heterocycles. The lowest BCUT2D eigenvalue weighted by Gasteiger charge is -2.19. The summed E-state index contributed by atoms with van der Waals surface area (Å²) in [7, 11) is 5.35. The van der Waals surface area contributed by atoms with Crippen LogP contribution in [0.4, 0.5) is 0 Å². The fraction of sp³-hybridized carbons (Fsp3) is 0.818. The maximum atomic E-state index is 11.6. The Bertz CT molecular complexity index is 238. The smallest absolute Gasteiger partial charge is 0.223 e. The van der Waals surface area contributed by atoms with Crippen molar-refractivity contribution in [3.8, 4) is 6.07 Å². The summed E-state index contributed by atoms with van der Waals surface area (Å²) in [5.74, 6) is 0.0829. The predicted octanol–water partition coefficient (Wildman–Crippen LogP) is 0.327. The van der Waals surface area contributed by atoms with Crippen LogP contribution in [0.5, 0.6) is 0 Å². The molecule has 0 N–H and O–H groups in total. The van der Waals surface area contributed by atoms with E-state index in [1.807, 2.05) is 13.1 Å². The fourth-order valence-electron chi connectivity index (χ4n) is 1.18. The van der Waals surface area contributed by atoms with Crippen LogP contribution in [0.3, 0.4) is 0 Å². The number of ether oxygens (including phenoxy) is 1. The van der Waals surface area contributed by atoms with Crippen molar-refractivity contribution in [1.29, 1.82) is 5.26 Å². The number of carbonyl (C=O) groups is 1. The first kappa shape index (κ1) is 14.9. The highest BCUT2D eigenvalue weighted by molar-refractivity contribution is 5.76. The van der Waals surface area contributed by atoms with Gasteiger partial charge in [0.05, 0.1) is 19.1 Å². The van der Waals surface area contributed by atoms with Crippen molar-refractivity contribution in [3.63, 3.8) is 0 Å². The van der Waals surface area contributed by atoms with Crippen LogP contribution >= 0.6 is 0 Å². The maximum Gasteiger partial charge on any atom is 0.223 e. The molecule has 0 rings (SSSR count). The number of carbonyl (C=O) groups excluding carboxylic acids is 1. The first-order chi connectivity index (χ1) is 7.61. The number of nitriles is 1. The van der Waals surface area contributed by atoms with Crippen molar-refractivity contribution in [2.45, 2.75) is 12.8 Å². The zero-order valence-corrected chi connectivity index (χ0v) is 10.4. The third-order valence-corrected chi connectivity index (χ3v) is 2.37. The van der Waals surface area contributed by atoms with E-state index in [1.54, 1.807) is 19.1 Å². The molecule has 1 amide bonds. The average Bonchev–Trinajstić information content (AvgIpc) is 2.30. The lowest BCUT2D eigenvalue weighted by molar-refractivity contribution is -0.130. The van der Waals surface area contributed by atoms with E-state index in [0.29, 0.717) is 26.0 Å². The van der Waals surface area contributed by atoms with E-state index in [1.165, 1.54) is 0 Å². The highest BCUT2D eigenvalue weighted by atomic mass is 16.5. The number of amides is 1. The third-order valence-electron chi connectivity index (χ3n) is 2.37. The minimum absolute atomic E-state index is 0.0829. The van der Waals surface area contributed by atoms with Gasteiger partial charge in [-0.15, -0.1) is 0 Å². The Labute approximate surface area is 97.6 Å². The minimum atomic E-state index is 0.0829. The summed E-state index contributed by atoms with van der Waals surface area (Å²) in [6, 6.07) is 2.03. The van der Waals surface area contributed by atoms with E-state index < -0.39 is 0 Å². The van der Waals surface area contributed by atoms with Crippen molar-refractivity contribution in [2.24, 2.45) is 0 Å². The van der Waals surface area contributed by atoms with Crippen LogP contribution in [0.25, 0.3) is 0 Å². The van der Waals surface area contributed by atoms with E-state index in [0.717, 1.165) is 13.1 Å². The van der Waals surface area contributed by atoms with Gasteiger partial charge in [0.15, 0.2) is 0 Å². The molecule has 0 aromatic rings. The van der Waals surface area contributed by atoms with Gasteiger partial charge in [-0.3, -0.25) is 4.79 Å². The Morgan fingerprint density at radius 2 is 2.00 bits per heavy atom. The maximum absolute atomic E-state index is 11.6. The first-order valence-electron chi connectivity index (χ1n) is 5.40. The lowest BCUT2D eigenvalue weighted by atomic mass is 10.3. The summed E-state index contributed by atoms with van der Waals surface area (Å²) < 4.78 is 4.95. The van der Waals surface area contributed by atoms with Crippen LogP contribution in [0.2, 0.25) is 0 Å². The molecule has 92 valence electrons. The van der Waals surface area contributed by atoms with Gasteiger partial charge < -0.3 is 14.5 Å². The van der Waals surface area contributed by atoms with Gasteiger partial charge in [-0.05, 0) is 7.05 Å². The van der Waals surface area contributed by atoms with E-state index in [9.17, 15) is 4.79 Å². The van der Waals surface area contributed by atoms with Crippen molar-refractivity contribution in [2.75, 3.05) is 47.4 Å². The number of likely N-dealkylation sites (N-methyl/N-ethyl adjacent to an activating group) is 1. The largest absolute Gasteiger partial charge is 0.383 e. The van der Waals surface area contributed by atoms with E-state index >= 15 is 0 Å². The van der Waals surface area contributed by atoms with Crippen molar-refractivity contribution in [3.05, 3.63) is 0 Å². The molecular formula is C11H21N3O2. The molecule has 0 aliphatic rings. The molecule has 0 atom stereocenters. The third kappa shape index (κ3) is 7.21. The molecule has 0 aliphatic carbocycles. The Balaban J connectivity index is 3.67. The van der Waals surface area contributed by atoms with E-state index in [2.05, 4.69) is 4.90 Å². The van der Waals surface area contributed by atoms with Gasteiger partial charge in [0, 0.05) is 40.2 Å². The second-order valence-corrected chi connectivity index (χ2v) is 3.77. The summed E-state index contributed by atoms with van der Waals surface area (Å²) in [5.41, 5.74) is 0. The molecule has 0 aromatic carbocycles. The number of nitrogens with zero attached hydrogens (tertiary/aromatic N) is 3. The molecule has 0 heterocycles. The zero-order chi connectivity index (χ0) is 12.4. The van der Waals surface area contributed by atoms with Crippen LogP contribution in [-0.4, -0.2) is 63.2 Å². The Kier molecular flexibility index (Phi) is 8.49. The van der Waals surface area contributed by atoms with Crippen LogP contribution in [0.1, 0.15) is 12.8 Å². The van der Waals surface area contributed by atoms with Crippen molar-refractivity contribution in [1.82, 2.24) is 9.80 Å². The number of hydrogen-bond donors (Lipinski definition) is 0. The number of rotatable bonds is 8. The Morgan fingerprint density at radius 3 is 2.56 bits per heavy atom. The highest BCUT2D eigenvalue weighted by Gasteiger charge is 2.09. The molecule has 0 unspecified atom stereocenters. The first-order valence-corrected chi connectivity index (χ1v) is 5.40. The van der Waals surface area contributed by atoms with Crippen molar-refractivity contribution >= 4 is 5.91 Å². The minimum Gasteiger partial charge on any atom is -0.383 e. The fourth-order valence-corrected chi connectivity index (χ4v) is 1.18. The van der Waals surface area contributed by atoms with Gasteiger partial charge in [-0.2, -0.15) is 5.26 Å². The van der Waals surface area contributed by atoms with Crippen molar-refractivity contribution < 1.29 is 9.53 Å². The van der Waals surface area contributed by atoms with Gasteiger partial charge in [-0.25, -0.2) is 0 Å². The second kappa shape index (κ2) is 9.13. The molecule has 0 spiro atoms. The molecule has 0 saturated carbocycles. The molecule has 0 fully saturated rings. The molecule has 5 heteroatoms. The molecule has 0 radical (unpaired) electrons. The van der Waals surface area contributed by atoms with Gasteiger partial charge >= 0.3 is 0 Å². The van der Waals surface area contributed by atoms with Crippen LogP contribution in [0, 0.1) is 11.3 Å². The molecule has 16 heavy (non-hydrogen) atoms. The van der Waals surface area contributed by atoms with Crippen LogP contribution < -0.4 is 0 Å². The standard InChI is InChI=1S/C11H21N3O2/c1-13(9-10-16-3)8-5-11(15)14(2)7-4-6-12/h4-5,7-10H2,1-3H3. The summed E-state index contributed by atoms with van der Waals surface area (Å²) in [4.78, 5) is 15.2. The summed E-state index contributed by atoms with van der Waals surface area (Å²) in [6.45, 7) is 2.73. The van der Waals surface area contributed by atoms with Gasteiger partial charge in [0.1, 0.15) is 0 Å². The van der Waals surface area contributed by atoms with Gasteiger partial charge in [0.2, 0.25) is 5.91 Å². The monoisotopic (exact) mass is 227 g/mol.